The van der Waals surface area contributed by atoms with Gasteiger partial charge >= 0.3 is 0 Å². The molecule has 2 aromatic carbocycles. The number of H-pyrrole nitrogens is 1. The van der Waals surface area contributed by atoms with Gasteiger partial charge in [-0.1, -0.05) is 24.3 Å². The van der Waals surface area contributed by atoms with E-state index in [9.17, 15) is 0 Å². The zero-order valence-corrected chi connectivity index (χ0v) is 11.1. The van der Waals surface area contributed by atoms with Crippen molar-refractivity contribution in [2.75, 3.05) is 0 Å². The molecule has 0 saturated heterocycles. The van der Waals surface area contributed by atoms with E-state index < -0.39 is 0 Å². The number of nitrogens with one attached hydrogen (secondary N) is 1. The molecule has 3 aromatic rings. The van der Waals surface area contributed by atoms with Crippen molar-refractivity contribution in [2.24, 2.45) is 0 Å². The lowest BCUT2D eigenvalue weighted by Crippen LogP contribution is -2.06. The third kappa shape index (κ3) is 2.32. The number of fused-ring (bicyclic) bond motifs is 1. The van der Waals surface area contributed by atoms with E-state index in [1.807, 2.05) is 62.4 Å². The maximum atomic E-state index is 5.84. The van der Waals surface area contributed by atoms with E-state index >= 15 is 0 Å². The van der Waals surface area contributed by atoms with Gasteiger partial charge in [0, 0.05) is 0 Å². The molecule has 0 atom stereocenters. The Morgan fingerprint density at radius 2 is 1.74 bits per heavy atom. The average Bonchev–Trinajstić information content (AvgIpc) is 2.82. The first-order valence-corrected chi connectivity index (χ1v) is 6.45. The summed E-state index contributed by atoms with van der Waals surface area (Å²) in [7, 11) is 0. The van der Waals surface area contributed by atoms with E-state index in [0.29, 0.717) is 0 Å². The second-order valence-corrected chi connectivity index (χ2v) is 4.77. The van der Waals surface area contributed by atoms with Gasteiger partial charge in [0.2, 0.25) is 0 Å². The van der Waals surface area contributed by atoms with Gasteiger partial charge in [-0.05, 0) is 38.1 Å². The van der Waals surface area contributed by atoms with Crippen LogP contribution < -0.4 is 4.74 Å². The highest BCUT2D eigenvalue weighted by molar-refractivity contribution is 5.80. The average molecular weight is 252 g/mol. The van der Waals surface area contributed by atoms with Crippen molar-refractivity contribution in [3.05, 3.63) is 48.5 Å². The van der Waals surface area contributed by atoms with Crippen LogP contribution in [0.3, 0.4) is 0 Å². The molecule has 1 N–H and O–H groups in total. The number of hydrogen-bond acceptors (Lipinski definition) is 2. The number of ether oxygens (including phenoxy) is 1. The lowest BCUT2D eigenvalue weighted by Gasteiger charge is -2.12. The van der Waals surface area contributed by atoms with Crippen molar-refractivity contribution < 1.29 is 4.74 Å². The second kappa shape index (κ2) is 4.76. The van der Waals surface area contributed by atoms with Gasteiger partial charge in [0.25, 0.3) is 0 Å². The summed E-state index contributed by atoms with van der Waals surface area (Å²) in [5.74, 6) is 1.70. The molecule has 1 heterocycles. The largest absolute Gasteiger partial charge is 0.490 e. The Balaban J connectivity index is 2.10. The van der Waals surface area contributed by atoms with Gasteiger partial charge in [-0.2, -0.15) is 0 Å². The zero-order valence-electron chi connectivity index (χ0n) is 11.1. The molecule has 19 heavy (non-hydrogen) atoms. The molecule has 1 aromatic heterocycles. The van der Waals surface area contributed by atoms with Gasteiger partial charge in [-0.25, -0.2) is 4.98 Å². The minimum atomic E-state index is 0.144. The van der Waals surface area contributed by atoms with Crippen molar-refractivity contribution in [3.8, 4) is 17.1 Å². The summed E-state index contributed by atoms with van der Waals surface area (Å²) >= 11 is 0. The summed E-state index contributed by atoms with van der Waals surface area (Å²) in [6.45, 7) is 4.05. The van der Waals surface area contributed by atoms with E-state index in [-0.39, 0.29) is 6.10 Å². The molecular formula is C16H16N2O. The fourth-order valence-corrected chi connectivity index (χ4v) is 2.10. The fraction of sp³-hybridized carbons (Fsp3) is 0.188. The topological polar surface area (TPSA) is 37.9 Å². The molecule has 0 amide bonds. The van der Waals surface area contributed by atoms with Crippen LogP contribution >= 0.6 is 0 Å². The maximum absolute atomic E-state index is 5.84. The van der Waals surface area contributed by atoms with E-state index in [0.717, 1.165) is 28.2 Å². The highest BCUT2D eigenvalue weighted by Gasteiger charge is 2.11. The van der Waals surface area contributed by atoms with Crippen molar-refractivity contribution in [1.82, 2.24) is 9.97 Å². The molecule has 0 aliphatic heterocycles. The third-order valence-corrected chi connectivity index (χ3v) is 2.89. The number of nitrogens with zero attached hydrogens (tertiary/aromatic N) is 1. The quantitative estimate of drug-likeness (QED) is 0.764. The highest BCUT2D eigenvalue weighted by atomic mass is 16.5. The van der Waals surface area contributed by atoms with Gasteiger partial charge in [0.05, 0.1) is 22.7 Å². The predicted molar refractivity (Wildman–Crippen MR) is 77.3 cm³/mol. The van der Waals surface area contributed by atoms with E-state index in [1.54, 1.807) is 0 Å². The molecule has 0 bridgehead atoms. The molecule has 3 nitrogen and oxygen atoms in total. The maximum Gasteiger partial charge on any atom is 0.142 e. The first-order chi connectivity index (χ1) is 9.24. The number of benzene rings is 2. The Kier molecular flexibility index (Phi) is 2.95. The van der Waals surface area contributed by atoms with E-state index in [4.69, 9.17) is 4.74 Å². The minimum Gasteiger partial charge on any atom is -0.490 e. The van der Waals surface area contributed by atoms with Gasteiger partial charge in [0.1, 0.15) is 11.6 Å². The Morgan fingerprint density at radius 3 is 2.53 bits per heavy atom. The molecular weight excluding hydrogens is 236 g/mol. The Hall–Kier alpha value is -2.29. The fourth-order valence-electron chi connectivity index (χ4n) is 2.10. The summed E-state index contributed by atoms with van der Waals surface area (Å²) in [6.07, 6.45) is 0.144. The SMILES string of the molecule is CC(C)Oc1ccccc1-c1nc2ccccc2[nH]1. The zero-order chi connectivity index (χ0) is 13.2. The van der Waals surface area contributed by atoms with Crippen LogP contribution in [0.1, 0.15) is 13.8 Å². The van der Waals surface area contributed by atoms with E-state index in [1.165, 1.54) is 0 Å². The first kappa shape index (κ1) is 11.8. The Bertz CT molecular complexity index is 668. The summed E-state index contributed by atoms with van der Waals surface area (Å²) in [6, 6.07) is 16.0. The molecule has 0 fully saturated rings. The van der Waals surface area contributed by atoms with E-state index in [2.05, 4.69) is 9.97 Å². The smallest absolute Gasteiger partial charge is 0.142 e. The number of para-hydroxylation sites is 3. The lowest BCUT2D eigenvalue weighted by molar-refractivity contribution is 0.243. The molecule has 0 unspecified atom stereocenters. The summed E-state index contributed by atoms with van der Waals surface area (Å²) < 4.78 is 5.84. The molecule has 0 aliphatic rings. The van der Waals surface area contributed by atoms with Crippen LogP contribution in [0.25, 0.3) is 22.4 Å². The number of rotatable bonds is 3. The van der Waals surface area contributed by atoms with Gasteiger partial charge in [-0.3, -0.25) is 0 Å². The summed E-state index contributed by atoms with van der Waals surface area (Å²) in [5.41, 5.74) is 3.00. The summed E-state index contributed by atoms with van der Waals surface area (Å²) in [5, 5.41) is 0. The Labute approximate surface area is 112 Å². The van der Waals surface area contributed by atoms with Crippen LogP contribution in [0.5, 0.6) is 5.75 Å². The van der Waals surface area contributed by atoms with Crippen LogP contribution in [0.4, 0.5) is 0 Å². The number of aromatic nitrogens is 2. The monoisotopic (exact) mass is 252 g/mol. The van der Waals surface area contributed by atoms with Gasteiger partial charge in [0.15, 0.2) is 0 Å². The molecule has 3 heteroatoms. The molecule has 96 valence electrons. The molecule has 0 spiro atoms. The van der Waals surface area contributed by atoms with Crippen molar-refractivity contribution >= 4 is 11.0 Å². The van der Waals surface area contributed by atoms with Crippen LogP contribution in [0, 0.1) is 0 Å². The third-order valence-electron chi connectivity index (χ3n) is 2.89. The first-order valence-electron chi connectivity index (χ1n) is 6.45. The van der Waals surface area contributed by atoms with Crippen LogP contribution in [-0.4, -0.2) is 16.1 Å². The van der Waals surface area contributed by atoms with Crippen molar-refractivity contribution in [1.29, 1.82) is 0 Å². The second-order valence-electron chi connectivity index (χ2n) is 4.77. The minimum absolute atomic E-state index is 0.144. The molecule has 3 rings (SSSR count). The number of aromatic amines is 1. The number of hydrogen-bond donors (Lipinski definition) is 1. The molecule has 0 saturated carbocycles. The van der Waals surface area contributed by atoms with Crippen LogP contribution in [0.2, 0.25) is 0 Å². The highest BCUT2D eigenvalue weighted by Crippen LogP contribution is 2.29. The van der Waals surface area contributed by atoms with Gasteiger partial charge < -0.3 is 9.72 Å². The molecule has 0 aliphatic carbocycles. The predicted octanol–water partition coefficient (Wildman–Crippen LogP) is 4.02. The standard InChI is InChI=1S/C16H16N2O/c1-11(2)19-15-10-6-3-7-12(15)16-17-13-8-4-5-9-14(13)18-16/h3-11H,1-2H3,(H,17,18). The number of imidazole rings is 1. The lowest BCUT2D eigenvalue weighted by atomic mass is 10.2. The van der Waals surface area contributed by atoms with Crippen LogP contribution in [-0.2, 0) is 0 Å². The molecule has 0 radical (unpaired) electrons. The van der Waals surface area contributed by atoms with Gasteiger partial charge in [-0.15, -0.1) is 0 Å². The van der Waals surface area contributed by atoms with Crippen molar-refractivity contribution in [3.63, 3.8) is 0 Å². The normalized spacial score (nSPS) is 11.1. The Morgan fingerprint density at radius 1 is 1.00 bits per heavy atom. The van der Waals surface area contributed by atoms with Crippen LogP contribution in [0.15, 0.2) is 48.5 Å². The van der Waals surface area contributed by atoms with Crippen molar-refractivity contribution in [2.45, 2.75) is 20.0 Å². The summed E-state index contributed by atoms with van der Waals surface area (Å²) in [4.78, 5) is 7.95.